The van der Waals surface area contributed by atoms with Crippen LogP contribution < -0.4 is 0 Å². The van der Waals surface area contributed by atoms with E-state index in [-0.39, 0.29) is 18.5 Å². The average Bonchev–Trinajstić information content (AvgIpc) is 2.50. The molecule has 0 saturated heterocycles. The second kappa shape index (κ2) is 16.6. The van der Waals surface area contributed by atoms with Gasteiger partial charge in [0.25, 0.3) is 0 Å². The largest absolute Gasteiger partial charge is 0.469 e. The molecule has 0 saturated carbocycles. The van der Waals surface area contributed by atoms with Gasteiger partial charge in [-0.05, 0) is 13.8 Å². The average molecular weight is 322 g/mol. The maximum Gasteiger partial charge on any atom is 0.307 e. The summed E-state index contributed by atoms with van der Waals surface area (Å²) in [4.78, 5) is 10.8. The molecule has 22 heavy (non-hydrogen) atoms. The summed E-state index contributed by atoms with van der Waals surface area (Å²) in [6.45, 7) is 8.59. The van der Waals surface area contributed by atoms with Crippen molar-refractivity contribution in [3.05, 3.63) is 0 Å². The molecule has 0 rings (SSSR count). The number of rotatable bonds is 16. The molecule has 0 atom stereocenters. The van der Waals surface area contributed by atoms with Crippen molar-refractivity contribution in [1.82, 2.24) is 0 Å². The zero-order valence-corrected chi connectivity index (χ0v) is 14.0. The van der Waals surface area contributed by atoms with Crippen molar-refractivity contribution in [2.45, 2.75) is 26.4 Å². The Bertz CT molecular complexity index is 246. The zero-order valence-electron chi connectivity index (χ0n) is 14.0. The minimum atomic E-state index is -0.271. The maximum atomic E-state index is 10.8. The van der Waals surface area contributed by atoms with Crippen LogP contribution in [0, 0.1) is 0 Å². The predicted octanol–water partition coefficient (Wildman–Crippen LogP) is 1.04. The Morgan fingerprint density at radius 2 is 1.14 bits per heavy atom. The van der Waals surface area contributed by atoms with Crippen molar-refractivity contribution in [3.63, 3.8) is 0 Å². The van der Waals surface area contributed by atoms with Crippen molar-refractivity contribution >= 4 is 5.97 Å². The topological polar surface area (TPSA) is 72.5 Å². The molecule has 0 N–H and O–H groups in total. The molecule has 0 heterocycles. The number of carbonyl (C=O) groups is 1. The van der Waals surface area contributed by atoms with Gasteiger partial charge in [-0.25, -0.2) is 0 Å². The summed E-state index contributed by atoms with van der Waals surface area (Å²) in [5.41, 5.74) is 0. The van der Waals surface area contributed by atoms with Crippen LogP contribution in [0.15, 0.2) is 0 Å². The van der Waals surface area contributed by atoms with E-state index in [4.69, 9.17) is 23.7 Å². The van der Waals surface area contributed by atoms with Crippen molar-refractivity contribution < 1.29 is 33.2 Å². The van der Waals surface area contributed by atoms with Crippen molar-refractivity contribution in [2.75, 3.05) is 66.6 Å². The zero-order chi connectivity index (χ0) is 16.5. The molecule has 0 aromatic rings. The first-order chi connectivity index (χ1) is 10.7. The summed E-state index contributed by atoms with van der Waals surface area (Å²) in [6, 6.07) is 0. The third kappa shape index (κ3) is 17.3. The summed E-state index contributed by atoms with van der Waals surface area (Å²) in [5, 5.41) is 0. The molecule has 0 amide bonds. The Balaban J connectivity index is 3.01. The third-order valence-corrected chi connectivity index (χ3v) is 2.47. The van der Waals surface area contributed by atoms with Crippen molar-refractivity contribution in [1.29, 1.82) is 0 Å². The summed E-state index contributed by atoms with van der Waals surface area (Å²) < 4.78 is 31.0. The van der Waals surface area contributed by atoms with Gasteiger partial charge in [0, 0.05) is 0 Å². The second-order valence-corrected chi connectivity index (χ2v) is 4.70. The number of hydrogen-bond acceptors (Lipinski definition) is 7. The van der Waals surface area contributed by atoms with Crippen LogP contribution >= 0.6 is 0 Å². The molecule has 0 fully saturated rings. The summed E-state index contributed by atoms with van der Waals surface area (Å²) in [6.07, 6.45) is 0.503. The van der Waals surface area contributed by atoms with Crippen molar-refractivity contribution in [2.24, 2.45) is 0 Å². The molecule has 0 radical (unpaired) electrons. The van der Waals surface area contributed by atoms with Crippen LogP contribution in [0.2, 0.25) is 0 Å². The van der Waals surface area contributed by atoms with Gasteiger partial charge in [0.2, 0.25) is 0 Å². The number of esters is 1. The highest BCUT2D eigenvalue weighted by molar-refractivity contribution is 5.69. The van der Waals surface area contributed by atoms with E-state index in [1.807, 2.05) is 13.8 Å². The molecule has 0 aromatic heterocycles. The standard InChI is InChI=1S/C15H30O7/c1-14(2)22-13-12-21-11-10-20-9-8-19-7-6-18-5-4-15(16)17-3/h14H,4-13H2,1-3H3. The van der Waals surface area contributed by atoms with Gasteiger partial charge in [-0.15, -0.1) is 0 Å². The second-order valence-electron chi connectivity index (χ2n) is 4.70. The van der Waals surface area contributed by atoms with Crippen LogP contribution in [0.5, 0.6) is 0 Å². The molecule has 0 spiro atoms. The highest BCUT2D eigenvalue weighted by Gasteiger charge is 1.99. The fourth-order valence-electron chi connectivity index (χ4n) is 1.36. The normalized spacial score (nSPS) is 11.1. The van der Waals surface area contributed by atoms with Gasteiger partial charge >= 0.3 is 5.97 Å². The number of hydrogen-bond donors (Lipinski definition) is 0. The molecular formula is C15H30O7. The third-order valence-electron chi connectivity index (χ3n) is 2.47. The van der Waals surface area contributed by atoms with E-state index in [0.29, 0.717) is 59.5 Å². The summed E-state index contributed by atoms with van der Waals surface area (Å²) >= 11 is 0. The fraction of sp³-hybridized carbons (Fsp3) is 0.933. The maximum absolute atomic E-state index is 10.8. The Morgan fingerprint density at radius 1 is 0.727 bits per heavy atom. The minimum Gasteiger partial charge on any atom is -0.469 e. The Labute approximate surface area is 133 Å². The lowest BCUT2D eigenvalue weighted by molar-refractivity contribution is -0.141. The lowest BCUT2D eigenvalue weighted by Crippen LogP contribution is -2.14. The number of methoxy groups -OCH3 is 1. The predicted molar refractivity (Wildman–Crippen MR) is 81.0 cm³/mol. The Kier molecular flexibility index (Phi) is 16.1. The van der Waals surface area contributed by atoms with Crippen LogP contribution in [0.25, 0.3) is 0 Å². The van der Waals surface area contributed by atoms with Gasteiger partial charge in [-0.2, -0.15) is 0 Å². The van der Waals surface area contributed by atoms with Crippen LogP contribution in [0.1, 0.15) is 20.3 Å². The first-order valence-electron chi connectivity index (χ1n) is 7.66. The molecule has 0 unspecified atom stereocenters. The number of ether oxygens (including phenoxy) is 6. The molecule has 132 valence electrons. The molecule has 7 heteroatoms. The first kappa shape index (κ1) is 21.3. The van der Waals surface area contributed by atoms with Crippen LogP contribution in [-0.4, -0.2) is 78.6 Å². The molecular weight excluding hydrogens is 292 g/mol. The van der Waals surface area contributed by atoms with Crippen molar-refractivity contribution in [3.8, 4) is 0 Å². The Hall–Kier alpha value is -0.730. The van der Waals surface area contributed by atoms with Crippen LogP contribution in [0.4, 0.5) is 0 Å². The van der Waals surface area contributed by atoms with E-state index in [9.17, 15) is 4.79 Å². The SMILES string of the molecule is COC(=O)CCOCCOCCOCCOCCOC(C)C. The van der Waals surface area contributed by atoms with E-state index in [0.717, 1.165) is 0 Å². The molecule has 0 bridgehead atoms. The highest BCUT2D eigenvalue weighted by atomic mass is 16.6. The Morgan fingerprint density at radius 3 is 1.55 bits per heavy atom. The first-order valence-corrected chi connectivity index (χ1v) is 7.66. The highest BCUT2D eigenvalue weighted by Crippen LogP contribution is 1.88. The van der Waals surface area contributed by atoms with Gasteiger partial charge in [-0.3, -0.25) is 4.79 Å². The van der Waals surface area contributed by atoms with Crippen LogP contribution in [0.3, 0.4) is 0 Å². The van der Waals surface area contributed by atoms with E-state index >= 15 is 0 Å². The van der Waals surface area contributed by atoms with Gasteiger partial charge < -0.3 is 28.4 Å². The molecule has 0 aliphatic heterocycles. The lowest BCUT2D eigenvalue weighted by atomic mass is 10.5. The summed E-state index contributed by atoms with van der Waals surface area (Å²) in [5.74, 6) is -0.271. The molecule has 0 aliphatic rings. The van der Waals surface area contributed by atoms with E-state index in [1.165, 1.54) is 7.11 Å². The van der Waals surface area contributed by atoms with Crippen LogP contribution in [-0.2, 0) is 33.2 Å². The van der Waals surface area contributed by atoms with E-state index in [1.54, 1.807) is 0 Å². The summed E-state index contributed by atoms with van der Waals surface area (Å²) in [7, 11) is 1.36. The van der Waals surface area contributed by atoms with E-state index in [2.05, 4.69) is 4.74 Å². The minimum absolute atomic E-state index is 0.237. The monoisotopic (exact) mass is 322 g/mol. The van der Waals surface area contributed by atoms with Gasteiger partial charge in [0.05, 0.1) is 79.1 Å². The molecule has 0 aliphatic carbocycles. The molecule has 0 aromatic carbocycles. The fourth-order valence-corrected chi connectivity index (χ4v) is 1.36. The van der Waals surface area contributed by atoms with Gasteiger partial charge in [-0.1, -0.05) is 0 Å². The van der Waals surface area contributed by atoms with Gasteiger partial charge in [0.1, 0.15) is 0 Å². The number of carbonyl (C=O) groups excluding carboxylic acids is 1. The molecule has 7 nitrogen and oxygen atoms in total. The van der Waals surface area contributed by atoms with Gasteiger partial charge in [0.15, 0.2) is 0 Å². The quantitative estimate of drug-likeness (QED) is 0.310. The van der Waals surface area contributed by atoms with E-state index < -0.39 is 0 Å². The lowest BCUT2D eigenvalue weighted by Gasteiger charge is -2.09. The smallest absolute Gasteiger partial charge is 0.307 e.